The maximum Gasteiger partial charge on any atom is 0.337 e. The van der Waals surface area contributed by atoms with E-state index in [2.05, 4.69) is 18.8 Å². The lowest BCUT2D eigenvalue weighted by molar-refractivity contribution is 0.0523. The van der Waals surface area contributed by atoms with Crippen molar-refractivity contribution in [3.05, 3.63) is 29.1 Å². The van der Waals surface area contributed by atoms with Crippen LogP contribution in [0.15, 0.2) is 12.1 Å². The molecule has 1 unspecified atom stereocenters. The number of carbonyl (C=O) groups is 2. The van der Waals surface area contributed by atoms with Crippen molar-refractivity contribution in [1.82, 2.24) is 9.88 Å². The van der Waals surface area contributed by atoms with Crippen molar-refractivity contribution in [3.63, 3.8) is 0 Å². The zero-order valence-corrected chi connectivity index (χ0v) is 13.6. The van der Waals surface area contributed by atoms with Crippen LogP contribution in [0.1, 0.15) is 66.1 Å². The molecule has 0 aliphatic carbocycles. The number of nitrogens with zero attached hydrogens (tertiary/aromatic N) is 2. The van der Waals surface area contributed by atoms with E-state index in [1.807, 2.05) is 4.90 Å². The van der Waals surface area contributed by atoms with Crippen molar-refractivity contribution < 1.29 is 14.7 Å². The highest BCUT2D eigenvalue weighted by Gasteiger charge is 2.33. The van der Waals surface area contributed by atoms with Crippen LogP contribution in [0, 0.1) is 12.3 Å². The highest BCUT2D eigenvalue weighted by atomic mass is 16.4. The number of amides is 1. The lowest BCUT2D eigenvalue weighted by Crippen LogP contribution is -2.45. The molecule has 2 heterocycles. The summed E-state index contributed by atoms with van der Waals surface area (Å²) >= 11 is 0. The number of carboxylic acid groups (broad SMARTS) is 1. The summed E-state index contributed by atoms with van der Waals surface area (Å²) in [5.74, 6) is -1.11. The Balaban J connectivity index is 2.17. The Morgan fingerprint density at radius 3 is 2.73 bits per heavy atom. The van der Waals surface area contributed by atoms with E-state index in [9.17, 15) is 9.59 Å². The molecule has 1 N–H and O–H groups in total. The fourth-order valence-electron chi connectivity index (χ4n) is 3.36. The molecule has 22 heavy (non-hydrogen) atoms. The number of pyridine rings is 1. The average Bonchev–Trinajstić information content (AvgIpc) is 2.46. The fraction of sp³-hybridized carbons (Fsp3) is 0.588. The van der Waals surface area contributed by atoms with E-state index >= 15 is 0 Å². The predicted molar refractivity (Wildman–Crippen MR) is 84.1 cm³/mol. The predicted octanol–water partition coefficient (Wildman–Crippen LogP) is 3.13. The van der Waals surface area contributed by atoms with E-state index in [-0.39, 0.29) is 16.9 Å². The largest absolute Gasteiger partial charge is 0.478 e. The Morgan fingerprint density at radius 1 is 1.41 bits per heavy atom. The van der Waals surface area contributed by atoms with Crippen molar-refractivity contribution in [2.45, 2.75) is 46.5 Å². The Labute approximate surface area is 131 Å². The number of aryl methyl sites for hydroxylation is 1. The molecule has 120 valence electrons. The highest BCUT2D eigenvalue weighted by molar-refractivity contribution is 5.94. The van der Waals surface area contributed by atoms with Gasteiger partial charge in [-0.1, -0.05) is 20.3 Å². The lowest BCUT2D eigenvalue weighted by atomic mass is 9.78. The van der Waals surface area contributed by atoms with Gasteiger partial charge in [0.15, 0.2) is 0 Å². The van der Waals surface area contributed by atoms with E-state index < -0.39 is 5.97 Å². The number of carboxylic acids is 1. The summed E-state index contributed by atoms with van der Waals surface area (Å²) in [4.78, 5) is 29.7. The first-order chi connectivity index (χ1) is 10.4. The molecule has 1 aromatic rings. The van der Waals surface area contributed by atoms with Gasteiger partial charge in [0.05, 0.1) is 11.3 Å². The summed E-state index contributed by atoms with van der Waals surface area (Å²) in [5, 5.41) is 9.04. The summed E-state index contributed by atoms with van der Waals surface area (Å²) in [5.41, 5.74) is 1.04. The van der Waals surface area contributed by atoms with Gasteiger partial charge in [-0.05, 0) is 43.7 Å². The molecular weight excluding hydrogens is 280 g/mol. The van der Waals surface area contributed by atoms with Crippen LogP contribution in [0.2, 0.25) is 0 Å². The number of aromatic nitrogens is 1. The van der Waals surface area contributed by atoms with Crippen LogP contribution in [-0.4, -0.2) is 40.0 Å². The van der Waals surface area contributed by atoms with Crippen molar-refractivity contribution in [3.8, 4) is 0 Å². The Bertz CT molecular complexity index is 581. The van der Waals surface area contributed by atoms with E-state index in [4.69, 9.17) is 5.11 Å². The third-order valence-electron chi connectivity index (χ3n) is 4.46. The SMILES string of the molecule is CCCC1(C)CCCN(C(=O)c2ccc(C(=O)O)c(C)n2)C1. The first kappa shape index (κ1) is 16.5. The molecule has 1 amide bonds. The molecule has 1 atom stereocenters. The molecule has 5 nitrogen and oxygen atoms in total. The Morgan fingerprint density at radius 2 is 2.14 bits per heavy atom. The van der Waals surface area contributed by atoms with E-state index in [1.54, 1.807) is 6.92 Å². The highest BCUT2D eigenvalue weighted by Crippen LogP contribution is 2.34. The van der Waals surface area contributed by atoms with Gasteiger partial charge >= 0.3 is 5.97 Å². The third kappa shape index (κ3) is 3.46. The fourth-order valence-corrected chi connectivity index (χ4v) is 3.36. The molecule has 1 saturated heterocycles. The molecule has 1 aromatic heterocycles. The van der Waals surface area contributed by atoms with E-state index in [0.717, 1.165) is 38.8 Å². The summed E-state index contributed by atoms with van der Waals surface area (Å²) in [6, 6.07) is 2.98. The van der Waals surface area contributed by atoms with Crippen LogP contribution in [-0.2, 0) is 0 Å². The molecule has 0 saturated carbocycles. The van der Waals surface area contributed by atoms with Gasteiger partial charge in [0.2, 0.25) is 0 Å². The quantitative estimate of drug-likeness (QED) is 0.927. The van der Waals surface area contributed by atoms with Crippen LogP contribution < -0.4 is 0 Å². The zero-order chi connectivity index (χ0) is 16.3. The van der Waals surface area contributed by atoms with Gasteiger partial charge in [0.25, 0.3) is 5.91 Å². The number of aromatic carboxylic acids is 1. The molecule has 1 aliphatic rings. The first-order valence-corrected chi connectivity index (χ1v) is 7.86. The Kier molecular flexibility index (Phi) is 4.84. The minimum atomic E-state index is -1.02. The lowest BCUT2D eigenvalue weighted by Gasteiger charge is -2.40. The van der Waals surface area contributed by atoms with Crippen molar-refractivity contribution in [2.75, 3.05) is 13.1 Å². The minimum absolute atomic E-state index is 0.0953. The second-order valence-corrected chi connectivity index (χ2v) is 6.53. The summed E-state index contributed by atoms with van der Waals surface area (Å²) in [7, 11) is 0. The van der Waals surface area contributed by atoms with E-state index in [0.29, 0.717) is 11.4 Å². The normalized spacial score (nSPS) is 21.7. The molecular formula is C17H24N2O3. The smallest absolute Gasteiger partial charge is 0.337 e. The van der Waals surface area contributed by atoms with Gasteiger partial charge in [-0.2, -0.15) is 0 Å². The summed E-state index contributed by atoms with van der Waals surface area (Å²) < 4.78 is 0. The molecule has 1 fully saturated rings. The molecule has 2 rings (SSSR count). The molecule has 0 aromatic carbocycles. The maximum atomic E-state index is 12.6. The first-order valence-electron chi connectivity index (χ1n) is 7.86. The van der Waals surface area contributed by atoms with Crippen molar-refractivity contribution in [1.29, 1.82) is 0 Å². The number of likely N-dealkylation sites (tertiary alicyclic amines) is 1. The summed E-state index contributed by atoms with van der Waals surface area (Å²) in [6.07, 6.45) is 4.38. The van der Waals surface area contributed by atoms with Gasteiger partial charge in [0, 0.05) is 13.1 Å². The topological polar surface area (TPSA) is 70.5 Å². The van der Waals surface area contributed by atoms with Gasteiger partial charge in [0.1, 0.15) is 5.69 Å². The van der Waals surface area contributed by atoms with Gasteiger partial charge < -0.3 is 10.0 Å². The zero-order valence-electron chi connectivity index (χ0n) is 13.6. The molecule has 1 aliphatic heterocycles. The average molecular weight is 304 g/mol. The number of piperidine rings is 1. The third-order valence-corrected chi connectivity index (χ3v) is 4.46. The Hall–Kier alpha value is -1.91. The van der Waals surface area contributed by atoms with Gasteiger partial charge in [-0.3, -0.25) is 4.79 Å². The number of hydrogen-bond donors (Lipinski definition) is 1. The number of rotatable bonds is 4. The van der Waals surface area contributed by atoms with Crippen LogP contribution in [0.4, 0.5) is 0 Å². The minimum Gasteiger partial charge on any atom is -0.478 e. The molecule has 0 spiro atoms. The second kappa shape index (κ2) is 6.46. The molecule has 0 radical (unpaired) electrons. The number of hydrogen-bond acceptors (Lipinski definition) is 3. The van der Waals surface area contributed by atoms with Crippen molar-refractivity contribution >= 4 is 11.9 Å². The van der Waals surface area contributed by atoms with Gasteiger partial charge in [-0.15, -0.1) is 0 Å². The van der Waals surface area contributed by atoms with E-state index in [1.165, 1.54) is 12.1 Å². The monoisotopic (exact) mass is 304 g/mol. The molecule has 5 heteroatoms. The van der Waals surface area contributed by atoms with Gasteiger partial charge in [-0.25, -0.2) is 9.78 Å². The van der Waals surface area contributed by atoms with Crippen LogP contribution in [0.3, 0.4) is 0 Å². The standard InChI is InChI=1S/C17H24N2O3/c1-4-8-17(3)9-5-10-19(11-17)15(20)14-7-6-13(16(21)22)12(2)18-14/h6-7H,4-5,8-11H2,1-3H3,(H,21,22). The van der Waals surface area contributed by atoms with Crippen LogP contribution in [0.25, 0.3) is 0 Å². The summed E-state index contributed by atoms with van der Waals surface area (Å²) in [6.45, 7) is 7.53. The molecule has 0 bridgehead atoms. The second-order valence-electron chi connectivity index (χ2n) is 6.53. The van der Waals surface area contributed by atoms with Crippen molar-refractivity contribution in [2.24, 2.45) is 5.41 Å². The maximum absolute atomic E-state index is 12.6. The van der Waals surface area contributed by atoms with Crippen LogP contribution in [0.5, 0.6) is 0 Å². The number of carbonyl (C=O) groups excluding carboxylic acids is 1. The van der Waals surface area contributed by atoms with Crippen LogP contribution >= 0.6 is 0 Å².